The Morgan fingerprint density at radius 2 is 2.04 bits per heavy atom. The van der Waals surface area contributed by atoms with E-state index in [0.29, 0.717) is 11.6 Å². The number of hydrogen-bond acceptors (Lipinski definition) is 5. The number of anilines is 1. The van der Waals surface area contributed by atoms with Crippen LogP contribution in [-0.4, -0.2) is 51.1 Å². The van der Waals surface area contributed by atoms with Crippen molar-refractivity contribution in [2.45, 2.75) is 64.8 Å². The number of H-pyrrole nitrogens is 1. The number of likely N-dealkylation sites (tertiary alicyclic amines) is 1. The Hall–Kier alpha value is -2.44. The highest BCUT2D eigenvalue weighted by molar-refractivity contribution is 5.92. The first-order valence-electron chi connectivity index (χ1n) is 10.4. The number of carbonyl (C=O) groups excluding carboxylic acids is 1. The standard InChI is InChI=1S/C21H30N6O/c1-13(2)16-12-17(25-24-16)21(28)27-11-6-5-9-18(27)19-22-14(3)15-8-7-10-26(4)20(15)23-19/h12-13,18H,5-11H2,1-4H3,(H,24,25)/t18-/m1/s1. The molecule has 0 unspecified atom stereocenters. The summed E-state index contributed by atoms with van der Waals surface area (Å²) in [5, 5.41) is 7.28. The summed E-state index contributed by atoms with van der Waals surface area (Å²) in [5.41, 5.74) is 3.77. The first kappa shape index (κ1) is 18.9. The van der Waals surface area contributed by atoms with E-state index in [1.54, 1.807) is 0 Å². The molecule has 2 aromatic rings. The van der Waals surface area contributed by atoms with Gasteiger partial charge in [0.1, 0.15) is 11.5 Å². The van der Waals surface area contributed by atoms with Crippen molar-refractivity contribution in [1.29, 1.82) is 0 Å². The number of rotatable bonds is 3. The number of carbonyl (C=O) groups is 1. The Morgan fingerprint density at radius 3 is 2.79 bits per heavy atom. The van der Waals surface area contributed by atoms with Crippen molar-refractivity contribution in [3.63, 3.8) is 0 Å². The summed E-state index contributed by atoms with van der Waals surface area (Å²) < 4.78 is 0. The van der Waals surface area contributed by atoms with E-state index in [1.807, 2.05) is 11.0 Å². The fraction of sp³-hybridized carbons (Fsp3) is 0.619. The first-order valence-corrected chi connectivity index (χ1v) is 10.4. The molecule has 0 saturated carbocycles. The number of aryl methyl sites for hydroxylation is 1. The molecule has 1 fully saturated rings. The van der Waals surface area contributed by atoms with E-state index < -0.39 is 0 Å². The minimum Gasteiger partial charge on any atom is -0.359 e. The smallest absolute Gasteiger partial charge is 0.274 e. The first-order chi connectivity index (χ1) is 13.5. The lowest BCUT2D eigenvalue weighted by atomic mass is 9.99. The maximum Gasteiger partial charge on any atom is 0.274 e. The molecule has 7 heteroatoms. The largest absolute Gasteiger partial charge is 0.359 e. The van der Waals surface area contributed by atoms with Gasteiger partial charge in [0.05, 0.1) is 6.04 Å². The van der Waals surface area contributed by atoms with Crippen LogP contribution in [-0.2, 0) is 6.42 Å². The van der Waals surface area contributed by atoms with Crippen LogP contribution in [0.1, 0.15) is 84.8 Å². The third-order valence-electron chi connectivity index (χ3n) is 5.99. The van der Waals surface area contributed by atoms with Gasteiger partial charge >= 0.3 is 0 Å². The van der Waals surface area contributed by atoms with Crippen molar-refractivity contribution < 1.29 is 4.79 Å². The summed E-state index contributed by atoms with van der Waals surface area (Å²) >= 11 is 0. The zero-order valence-electron chi connectivity index (χ0n) is 17.3. The summed E-state index contributed by atoms with van der Waals surface area (Å²) in [7, 11) is 2.09. The van der Waals surface area contributed by atoms with Gasteiger partial charge in [-0.15, -0.1) is 0 Å². The van der Waals surface area contributed by atoms with Crippen LogP contribution in [0.2, 0.25) is 0 Å². The lowest BCUT2D eigenvalue weighted by Gasteiger charge is -2.35. The van der Waals surface area contributed by atoms with Crippen LogP contribution < -0.4 is 4.90 Å². The van der Waals surface area contributed by atoms with Gasteiger partial charge in [-0.1, -0.05) is 13.8 Å². The van der Waals surface area contributed by atoms with Crippen molar-refractivity contribution in [2.75, 3.05) is 25.0 Å². The second-order valence-corrected chi connectivity index (χ2v) is 8.37. The van der Waals surface area contributed by atoms with E-state index >= 15 is 0 Å². The molecule has 2 aliphatic rings. The number of amides is 1. The quantitative estimate of drug-likeness (QED) is 0.880. The second kappa shape index (κ2) is 7.53. The molecule has 0 aromatic carbocycles. The van der Waals surface area contributed by atoms with Crippen molar-refractivity contribution >= 4 is 11.7 Å². The molecule has 0 bridgehead atoms. The molecule has 0 radical (unpaired) electrons. The summed E-state index contributed by atoms with van der Waals surface area (Å²) in [6.07, 6.45) is 5.16. The predicted octanol–water partition coefficient (Wildman–Crippen LogP) is 3.38. The molecule has 1 saturated heterocycles. The fourth-order valence-electron chi connectivity index (χ4n) is 4.29. The van der Waals surface area contributed by atoms with Crippen LogP contribution in [0.15, 0.2) is 6.07 Å². The van der Waals surface area contributed by atoms with E-state index in [2.05, 4.69) is 42.9 Å². The van der Waals surface area contributed by atoms with Gasteiger partial charge in [-0.05, 0) is 51.0 Å². The highest BCUT2D eigenvalue weighted by Gasteiger charge is 2.33. The van der Waals surface area contributed by atoms with E-state index in [-0.39, 0.29) is 11.9 Å². The molecular weight excluding hydrogens is 352 g/mol. The van der Waals surface area contributed by atoms with Crippen molar-refractivity contribution in [1.82, 2.24) is 25.1 Å². The van der Waals surface area contributed by atoms with Crippen LogP contribution in [0.3, 0.4) is 0 Å². The van der Waals surface area contributed by atoms with Gasteiger partial charge in [-0.25, -0.2) is 9.97 Å². The van der Waals surface area contributed by atoms with Crippen LogP contribution in [0, 0.1) is 6.92 Å². The molecule has 1 N–H and O–H groups in total. The second-order valence-electron chi connectivity index (χ2n) is 8.37. The molecule has 1 amide bonds. The minimum absolute atomic E-state index is 0.0276. The number of hydrogen-bond donors (Lipinski definition) is 1. The maximum atomic E-state index is 13.2. The van der Waals surface area contributed by atoms with Gasteiger partial charge in [0.25, 0.3) is 5.91 Å². The summed E-state index contributed by atoms with van der Waals surface area (Å²) in [6.45, 7) is 7.99. The highest BCUT2D eigenvalue weighted by atomic mass is 16.2. The zero-order valence-corrected chi connectivity index (χ0v) is 17.3. The molecule has 4 heterocycles. The molecule has 2 aromatic heterocycles. The SMILES string of the molecule is Cc1nc([C@H]2CCCCN2C(=O)c2cc(C(C)C)[nH]n2)nc2c1CCCN2C. The average molecular weight is 383 g/mol. The van der Waals surface area contributed by atoms with Gasteiger partial charge < -0.3 is 9.80 Å². The average Bonchev–Trinajstić information content (AvgIpc) is 3.19. The number of nitrogens with zero attached hydrogens (tertiary/aromatic N) is 5. The summed E-state index contributed by atoms with van der Waals surface area (Å²) in [4.78, 5) is 27.2. The Morgan fingerprint density at radius 1 is 1.21 bits per heavy atom. The minimum atomic E-state index is -0.0835. The van der Waals surface area contributed by atoms with Gasteiger partial charge in [-0.3, -0.25) is 9.89 Å². The summed E-state index contributed by atoms with van der Waals surface area (Å²) in [6, 6.07) is 1.80. The van der Waals surface area contributed by atoms with Crippen LogP contribution in [0.25, 0.3) is 0 Å². The molecule has 4 rings (SSSR count). The number of fused-ring (bicyclic) bond motifs is 1. The molecular formula is C21H30N6O. The number of nitrogens with one attached hydrogen (secondary N) is 1. The van der Waals surface area contributed by atoms with E-state index in [0.717, 1.165) is 68.2 Å². The third kappa shape index (κ3) is 3.38. The molecule has 1 atom stereocenters. The molecule has 150 valence electrons. The van der Waals surface area contributed by atoms with E-state index in [4.69, 9.17) is 9.97 Å². The lowest BCUT2D eigenvalue weighted by molar-refractivity contribution is 0.0593. The molecule has 7 nitrogen and oxygen atoms in total. The zero-order chi connectivity index (χ0) is 19.8. The van der Waals surface area contributed by atoms with Crippen LogP contribution in [0.5, 0.6) is 0 Å². The van der Waals surface area contributed by atoms with Gasteiger partial charge in [0.15, 0.2) is 5.82 Å². The van der Waals surface area contributed by atoms with Crippen LogP contribution >= 0.6 is 0 Å². The maximum absolute atomic E-state index is 13.2. The molecule has 2 aliphatic heterocycles. The molecule has 28 heavy (non-hydrogen) atoms. The lowest BCUT2D eigenvalue weighted by Crippen LogP contribution is -2.40. The topological polar surface area (TPSA) is 78.0 Å². The van der Waals surface area contributed by atoms with Gasteiger partial charge in [0.2, 0.25) is 0 Å². The van der Waals surface area contributed by atoms with Crippen molar-refractivity contribution in [3.8, 4) is 0 Å². The Kier molecular flexibility index (Phi) is 5.08. The van der Waals surface area contributed by atoms with Crippen molar-refractivity contribution in [2.24, 2.45) is 0 Å². The Bertz CT molecular complexity index is 874. The number of aromatic amines is 1. The van der Waals surface area contributed by atoms with Gasteiger partial charge in [0, 0.05) is 37.1 Å². The third-order valence-corrected chi connectivity index (χ3v) is 5.99. The molecule has 0 spiro atoms. The van der Waals surface area contributed by atoms with Crippen molar-refractivity contribution in [3.05, 3.63) is 34.5 Å². The predicted molar refractivity (Wildman–Crippen MR) is 109 cm³/mol. The van der Waals surface area contributed by atoms with Gasteiger partial charge in [-0.2, -0.15) is 5.10 Å². The Labute approximate surface area is 166 Å². The summed E-state index contributed by atoms with van der Waals surface area (Å²) in [5.74, 6) is 2.10. The molecule has 0 aliphatic carbocycles. The Balaban J connectivity index is 1.66. The number of aromatic nitrogens is 4. The highest BCUT2D eigenvalue weighted by Crippen LogP contribution is 2.34. The monoisotopic (exact) mass is 382 g/mol. The van der Waals surface area contributed by atoms with Crippen LogP contribution in [0.4, 0.5) is 5.82 Å². The van der Waals surface area contributed by atoms with E-state index in [9.17, 15) is 4.79 Å². The number of piperidine rings is 1. The normalized spacial score (nSPS) is 19.8. The fourth-order valence-corrected chi connectivity index (χ4v) is 4.29. The van der Waals surface area contributed by atoms with E-state index in [1.165, 1.54) is 5.56 Å².